The number of nitrogens with zero attached hydrogens (tertiary/aromatic N) is 6. The maximum absolute atomic E-state index is 4.49. The summed E-state index contributed by atoms with van der Waals surface area (Å²) in [6.07, 6.45) is 7.66. The highest BCUT2D eigenvalue weighted by Crippen LogP contribution is 2.47. The molecule has 0 saturated heterocycles. The fourth-order valence-corrected chi connectivity index (χ4v) is 11.7. The molecule has 7 aromatic carbocycles. The van der Waals surface area contributed by atoms with Gasteiger partial charge in [0.25, 0.3) is 13.4 Å². The highest BCUT2D eigenvalue weighted by Gasteiger charge is 2.47. The summed E-state index contributed by atoms with van der Waals surface area (Å²) < 4.78 is 5.05. The molecule has 4 aliphatic rings. The van der Waals surface area contributed by atoms with Gasteiger partial charge in [0.2, 0.25) is 0 Å². The van der Waals surface area contributed by atoms with Crippen molar-refractivity contribution in [3.8, 4) is 11.4 Å². The van der Waals surface area contributed by atoms with Crippen LogP contribution in [0.5, 0.6) is 0 Å². The number of fused-ring (bicyclic) bond motifs is 16. The van der Waals surface area contributed by atoms with Crippen LogP contribution in [0.4, 0.5) is 34.1 Å². The van der Waals surface area contributed by atoms with Crippen LogP contribution < -0.4 is 42.6 Å². The summed E-state index contributed by atoms with van der Waals surface area (Å²) in [5.41, 5.74) is 22.4. The Hall–Kier alpha value is -7.83. The number of anilines is 6. The summed E-state index contributed by atoms with van der Waals surface area (Å²) in [5, 5.41) is 5.13. The lowest BCUT2D eigenvalue weighted by molar-refractivity contribution is 1.18. The average Bonchev–Trinajstić information content (AvgIpc) is 3.84. The lowest BCUT2D eigenvalue weighted by atomic mass is 9.30. The van der Waals surface area contributed by atoms with Gasteiger partial charge in [-0.2, -0.15) is 0 Å². The van der Waals surface area contributed by atoms with E-state index < -0.39 is 0 Å². The third kappa shape index (κ3) is 3.66. The smallest absolute Gasteiger partial charge is 0.252 e. The Morgan fingerprint density at radius 3 is 1.25 bits per heavy atom. The number of aromatic nitrogens is 4. The van der Waals surface area contributed by atoms with Gasteiger partial charge in [-0.05, 0) is 99.5 Å². The molecule has 6 nitrogen and oxygen atoms in total. The van der Waals surface area contributed by atoms with Crippen molar-refractivity contribution in [2.24, 2.45) is 0 Å². The number of rotatable bonds is 2. The van der Waals surface area contributed by atoms with E-state index in [0.29, 0.717) is 0 Å². The van der Waals surface area contributed by atoms with E-state index in [0.717, 1.165) is 11.4 Å². The van der Waals surface area contributed by atoms with Crippen molar-refractivity contribution in [1.29, 1.82) is 0 Å². The highest BCUT2D eigenvalue weighted by atomic mass is 15.2. The summed E-state index contributed by atoms with van der Waals surface area (Å²) in [4.78, 5) is 14.0. The Balaban J connectivity index is 1.12. The Kier molecular flexibility index (Phi) is 5.72. The first-order valence-corrected chi connectivity index (χ1v) is 20.7. The lowest BCUT2D eigenvalue weighted by Gasteiger charge is -2.44. The fourth-order valence-electron chi connectivity index (χ4n) is 11.7. The van der Waals surface area contributed by atoms with Crippen molar-refractivity contribution in [2.45, 2.75) is 0 Å². The third-order valence-electron chi connectivity index (χ3n) is 13.9. The molecule has 60 heavy (non-hydrogen) atoms. The molecule has 4 aliphatic heterocycles. The maximum Gasteiger partial charge on any atom is 0.252 e. The van der Waals surface area contributed by atoms with Crippen LogP contribution in [0.3, 0.4) is 0 Å². The van der Waals surface area contributed by atoms with Gasteiger partial charge in [0, 0.05) is 91.8 Å². The Morgan fingerprint density at radius 1 is 0.333 bits per heavy atom. The van der Waals surface area contributed by atoms with E-state index in [1.165, 1.54) is 111 Å². The average molecular weight is 760 g/mol. The largest absolute Gasteiger partial charge is 0.311 e. The number of pyridine rings is 2. The van der Waals surface area contributed by atoms with Gasteiger partial charge in [0.05, 0.1) is 22.1 Å². The molecule has 11 aromatic rings. The van der Waals surface area contributed by atoms with Crippen molar-refractivity contribution < 1.29 is 0 Å². The minimum absolute atomic E-state index is 0.00643. The lowest BCUT2D eigenvalue weighted by Crippen LogP contribution is -2.64. The van der Waals surface area contributed by atoms with Crippen LogP contribution in [-0.4, -0.2) is 32.5 Å². The van der Waals surface area contributed by atoms with Crippen LogP contribution in [0.1, 0.15) is 0 Å². The van der Waals surface area contributed by atoms with Crippen LogP contribution >= 0.6 is 0 Å². The fraction of sp³-hybridized carbons (Fsp3) is 0. The van der Waals surface area contributed by atoms with Crippen LogP contribution in [0.2, 0.25) is 0 Å². The quantitative estimate of drug-likeness (QED) is 0.168. The van der Waals surface area contributed by atoms with Gasteiger partial charge in [0.15, 0.2) is 0 Å². The normalized spacial score (nSPS) is 13.9. The molecule has 0 aliphatic carbocycles. The minimum Gasteiger partial charge on any atom is -0.311 e. The topological polar surface area (TPSA) is 42.1 Å². The number of hydrogen-bond donors (Lipinski definition) is 0. The minimum atomic E-state index is 0.00643. The van der Waals surface area contributed by atoms with Crippen molar-refractivity contribution in [3.63, 3.8) is 0 Å². The van der Waals surface area contributed by atoms with Crippen LogP contribution in [0.15, 0.2) is 183 Å². The first kappa shape index (κ1) is 31.2. The molecule has 0 unspecified atom stereocenters. The van der Waals surface area contributed by atoms with Crippen molar-refractivity contribution in [1.82, 2.24) is 19.1 Å². The van der Waals surface area contributed by atoms with Gasteiger partial charge in [0.1, 0.15) is 0 Å². The summed E-state index contributed by atoms with van der Waals surface area (Å²) in [5.74, 6) is 0. The zero-order valence-electron chi connectivity index (χ0n) is 32.2. The Bertz CT molecular complexity index is 3470. The first-order chi connectivity index (χ1) is 29.8. The predicted molar refractivity (Wildman–Crippen MR) is 249 cm³/mol. The van der Waals surface area contributed by atoms with Gasteiger partial charge in [-0.1, -0.05) is 91.0 Å². The van der Waals surface area contributed by atoms with E-state index in [4.69, 9.17) is 0 Å². The third-order valence-corrected chi connectivity index (χ3v) is 13.9. The maximum atomic E-state index is 4.49. The molecule has 0 atom stereocenters. The molecule has 0 fully saturated rings. The second-order valence-corrected chi connectivity index (χ2v) is 16.5. The van der Waals surface area contributed by atoms with E-state index in [-0.39, 0.29) is 13.4 Å². The van der Waals surface area contributed by atoms with Crippen molar-refractivity contribution in [2.75, 3.05) is 9.80 Å². The second kappa shape index (κ2) is 11.0. The van der Waals surface area contributed by atoms with Crippen LogP contribution in [-0.2, 0) is 0 Å². The Labute approximate surface area is 345 Å². The molecule has 8 heteroatoms. The molecule has 8 heterocycles. The van der Waals surface area contributed by atoms with Crippen LogP contribution in [0, 0.1) is 0 Å². The number of hydrogen-bond acceptors (Lipinski definition) is 4. The first-order valence-electron chi connectivity index (χ1n) is 20.7. The van der Waals surface area contributed by atoms with Crippen molar-refractivity contribution in [3.05, 3.63) is 183 Å². The van der Waals surface area contributed by atoms with Gasteiger partial charge in [-0.15, -0.1) is 0 Å². The monoisotopic (exact) mass is 760 g/mol. The predicted octanol–water partition coefficient (Wildman–Crippen LogP) is 7.90. The Morgan fingerprint density at radius 2 is 0.767 bits per heavy atom. The van der Waals surface area contributed by atoms with Crippen molar-refractivity contribution >= 4 is 124 Å². The molecule has 0 spiro atoms. The molecule has 274 valence electrons. The second-order valence-electron chi connectivity index (χ2n) is 16.5. The molecule has 0 amide bonds. The van der Waals surface area contributed by atoms with Gasteiger partial charge in [-0.25, -0.2) is 0 Å². The standard InChI is InChI=1S/C52H30B2N6/c1-5-13-41-33(9-1)35-17-19-45-49-51(35)59(41)43-15-7-3-11-37(43)53(49)39-29-40-48(30-47(39)57(45)31-21-25-55-26-22-31)58(32-23-27-56-28-24-32)46-20-18-36-34-10-2-6-14-42(34)60-44-16-8-4-12-38(44)54(40)50(46)52(36)60/h1-30H. The molecule has 0 N–H and O–H groups in total. The zero-order valence-corrected chi connectivity index (χ0v) is 32.2. The van der Waals surface area contributed by atoms with E-state index in [1.807, 2.05) is 24.8 Å². The number of para-hydroxylation sites is 4. The molecule has 0 bridgehead atoms. The molecule has 15 rings (SSSR count). The molecular formula is C52H30B2N6. The molecule has 0 radical (unpaired) electrons. The van der Waals surface area contributed by atoms with E-state index in [1.54, 1.807) is 0 Å². The SMILES string of the molecule is c1ccc2c(c1)B1c3cc4c(cc3N(c3ccncc3)c3ccc5c6ccccc6n-2c5c31)N(c1ccncc1)c1ccc2c3ccccc3n3c2c1B4c1ccccc1-3. The van der Waals surface area contributed by atoms with Crippen LogP contribution in [0.25, 0.3) is 55.0 Å². The summed E-state index contributed by atoms with van der Waals surface area (Å²) in [7, 11) is 0. The molecular weight excluding hydrogens is 730 g/mol. The summed E-state index contributed by atoms with van der Waals surface area (Å²) >= 11 is 0. The summed E-state index contributed by atoms with van der Waals surface area (Å²) in [6, 6.07) is 59.1. The number of benzene rings is 7. The highest BCUT2D eigenvalue weighted by molar-refractivity contribution is 7.03. The zero-order chi connectivity index (χ0) is 38.8. The van der Waals surface area contributed by atoms with E-state index in [9.17, 15) is 0 Å². The van der Waals surface area contributed by atoms with Gasteiger partial charge >= 0.3 is 0 Å². The van der Waals surface area contributed by atoms with E-state index >= 15 is 0 Å². The van der Waals surface area contributed by atoms with Gasteiger partial charge in [-0.3, -0.25) is 9.97 Å². The van der Waals surface area contributed by atoms with Gasteiger partial charge < -0.3 is 18.9 Å². The van der Waals surface area contributed by atoms with E-state index in [2.05, 4.69) is 187 Å². The summed E-state index contributed by atoms with van der Waals surface area (Å²) in [6.45, 7) is 0.0129. The molecule has 4 aromatic heterocycles. The molecule has 0 saturated carbocycles.